The molecule has 0 bridgehead atoms. The van der Waals surface area contributed by atoms with Crippen molar-refractivity contribution >= 4 is 11.4 Å². The summed E-state index contributed by atoms with van der Waals surface area (Å²) in [5.74, 6) is 0.631. The van der Waals surface area contributed by atoms with E-state index in [1.54, 1.807) is 12.1 Å². The van der Waals surface area contributed by atoms with Crippen LogP contribution in [-0.4, -0.2) is 11.0 Å². The van der Waals surface area contributed by atoms with E-state index in [-0.39, 0.29) is 10.6 Å². The van der Waals surface area contributed by atoms with Gasteiger partial charge in [0, 0.05) is 23.9 Å². The van der Waals surface area contributed by atoms with E-state index in [4.69, 9.17) is 0 Å². The average molecular weight is 248 g/mol. The number of hydrogen-bond donors (Lipinski definition) is 1. The molecule has 0 radical (unpaired) electrons. The minimum atomic E-state index is -0.346. The predicted octanol–water partition coefficient (Wildman–Crippen LogP) is 3.98. The Hall–Kier alpha value is -1.58. The van der Waals surface area contributed by atoms with Crippen molar-refractivity contribution in [3.05, 3.63) is 34.4 Å². The zero-order valence-corrected chi connectivity index (χ0v) is 10.8. The number of nitro groups is 1. The van der Waals surface area contributed by atoms with Gasteiger partial charge in [0.2, 0.25) is 0 Å². The summed E-state index contributed by atoms with van der Waals surface area (Å²) in [6.45, 7) is 2.26. The number of rotatable bonds is 3. The second kappa shape index (κ2) is 5.85. The Morgan fingerprint density at radius 3 is 2.83 bits per heavy atom. The fraction of sp³-hybridized carbons (Fsp3) is 0.571. The van der Waals surface area contributed by atoms with E-state index in [0.29, 0.717) is 12.0 Å². The van der Waals surface area contributed by atoms with Crippen molar-refractivity contribution in [1.82, 2.24) is 0 Å². The van der Waals surface area contributed by atoms with Crippen LogP contribution in [0.4, 0.5) is 11.4 Å². The number of non-ortho nitro benzene ring substituents is 1. The summed E-state index contributed by atoms with van der Waals surface area (Å²) in [7, 11) is 0. The zero-order valence-electron chi connectivity index (χ0n) is 10.8. The van der Waals surface area contributed by atoms with E-state index in [9.17, 15) is 10.1 Å². The molecule has 0 heterocycles. The molecule has 4 heteroatoms. The second-order valence-corrected chi connectivity index (χ2v) is 5.17. The Morgan fingerprint density at radius 1 is 1.28 bits per heavy atom. The van der Waals surface area contributed by atoms with Crippen LogP contribution >= 0.6 is 0 Å². The third-order valence-corrected chi connectivity index (χ3v) is 3.77. The van der Waals surface area contributed by atoms with Gasteiger partial charge in [-0.15, -0.1) is 0 Å². The van der Waals surface area contributed by atoms with Gasteiger partial charge in [0.1, 0.15) is 0 Å². The van der Waals surface area contributed by atoms with Crippen molar-refractivity contribution in [2.24, 2.45) is 5.92 Å². The quantitative estimate of drug-likeness (QED) is 0.500. The van der Waals surface area contributed by atoms with Crippen LogP contribution in [0.2, 0.25) is 0 Å². The van der Waals surface area contributed by atoms with E-state index in [2.05, 4.69) is 12.2 Å². The Bertz CT molecular complexity index is 420. The molecule has 0 saturated heterocycles. The molecule has 1 aromatic rings. The molecule has 1 fully saturated rings. The monoisotopic (exact) mass is 248 g/mol. The third-order valence-electron chi connectivity index (χ3n) is 3.77. The maximum absolute atomic E-state index is 10.7. The zero-order chi connectivity index (χ0) is 13.0. The van der Waals surface area contributed by atoms with Gasteiger partial charge in [-0.05, 0) is 24.8 Å². The lowest BCUT2D eigenvalue weighted by atomic mass is 9.97. The largest absolute Gasteiger partial charge is 0.382 e. The van der Waals surface area contributed by atoms with Gasteiger partial charge in [0.15, 0.2) is 0 Å². The van der Waals surface area contributed by atoms with Crippen molar-refractivity contribution in [3.8, 4) is 0 Å². The molecule has 0 amide bonds. The summed E-state index contributed by atoms with van der Waals surface area (Å²) in [4.78, 5) is 10.4. The molecule has 2 atom stereocenters. The van der Waals surface area contributed by atoms with Gasteiger partial charge in [0.25, 0.3) is 5.69 Å². The first-order valence-corrected chi connectivity index (χ1v) is 6.68. The molecule has 1 saturated carbocycles. The number of anilines is 1. The van der Waals surface area contributed by atoms with Gasteiger partial charge in [-0.25, -0.2) is 0 Å². The van der Waals surface area contributed by atoms with Gasteiger partial charge >= 0.3 is 0 Å². The fourth-order valence-electron chi connectivity index (χ4n) is 2.63. The summed E-state index contributed by atoms with van der Waals surface area (Å²) in [5.41, 5.74) is 1.02. The van der Waals surface area contributed by atoms with Crippen molar-refractivity contribution in [2.45, 2.75) is 45.1 Å². The lowest BCUT2D eigenvalue weighted by Crippen LogP contribution is -2.26. The number of nitro benzene ring substituents is 1. The molecule has 18 heavy (non-hydrogen) atoms. The smallest absolute Gasteiger partial charge is 0.271 e. The van der Waals surface area contributed by atoms with Gasteiger partial charge in [-0.1, -0.05) is 32.3 Å². The van der Waals surface area contributed by atoms with Crippen LogP contribution in [0.1, 0.15) is 39.0 Å². The highest BCUT2D eigenvalue weighted by Gasteiger charge is 2.20. The standard InChI is InChI=1S/C14H20N2O2/c1-11-6-3-2-4-9-14(11)15-12-7-5-8-13(10-12)16(17)18/h5,7-8,10-11,14-15H,2-4,6,9H2,1H3. The van der Waals surface area contributed by atoms with Crippen LogP contribution in [0.25, 0.3) is 0 Å². The predicted molar refractivity (Wildman–Crippen MR) is 72.8 cm³/mol. The van der Waals surface area contributed by atoms with E-state index in [1.807, 2.05) is 6.07 Å². The van der Waals surface area contributed by atoms with Crippen LogP contribution in [0.15, 0.2) is 24.3 Å². The first-order chi connectivity index (χ1) is 8.66. The second-order valence-electron chi connectivity index (χ2n) is 5.17. The lowest BCUT2D eigenvalue weighted by molar-refractivity contribution is -0.384. The summed E-state index contributed by atoms with van der Waals surface area (Å²) in [6, 6.07) is 7.24. The molecule has 1 N–H and O–H groups in total. The van der Waals surface area contributed by atoms with Gasteiger partial charge in [-0.3, -0.25) is 10.1 Å². The molecule has 1 aromatic carbocycles. The summed E-state index contributed by atoms with van der Waals surface area (Å²) in [5, 5.41) is 14.2. The molecular formula is C14H20N2O2. The van der Waals surface area contributed by atoms with Crippen LogP contribution in [0, 0.1) is 16.0 Å². The van der Waals surface area contributed by atoms with Crippen molar-refractivity contribution in [1.29, 1.82) is 0 Å². The summed E-state index contributed by atoms with van der Waals surface area (Å²) < 4.78 is 0. The Balaban J connectivity index is 2.07. The molecular weight excluding hydrogens is 228 g/mol. The van der Waals surface area contributed by atoms with Crippen molar-refractivity contribution in [3.63, 3.8) is 0 Å². The number of nitrogens with one attached hydrogen (secondary N) is 1. The van der Waals surface area contributed by atoms with E-state index in [1.165, 1.54) is 31.7 Å². The minimum Gasteiger partial charge on any atom is -0.382 e. The lowest BCUT2D eigenvalue weighted by Gasteiger charge is -2.23. The first-order valence-electron chi connectivity index (χ1n) is 6.68. The summed E-state index contributed by atoms with van der Waals surface area (Å²) >= 11 is 0. The molecule has 0 spiro atoms. The maximum atomic E-state index is 10.7. The Kier molecular flexibility index (Phi) is 4.18. The minimum absolute atomic E-state index is 0.154. The molecule has 98 valence electrons. The number of hydrogen-bond acceptors (Lipinski definition) is 3. The topological polar surface area (TPSA) is 55.2 Å². The van der Waals surface area contributed by atoms with Crippen molar-refractivity contribution in [2.75, 3.05) is 5.32 Å². The van der Waals surface area contributed by atoms with Gasteiger partial charge in [0.05, 0.1) is 4.92 Å². The Labute approximate surface area is 108 Å². The molecule has 0 aromatic heterocycles. The fourth-order valence-corrected chi connectivity index (χ4v) is 2.63. The molecule has 2 rings (SSSR count). The average Bonchev–Trinajstić information content (AvgIpc) is 2.55. The number of benzene rings is 1. The van der Waals surface area contributed by atoms with Crippen LogP contribution in [0.5, 0.6) is 0 Å². The normalized spacial score (nSPS) is 24.3. The maximum Gasteiger partial charge on any atom is 0.271 e. The van der Waals surface area contributed by atoms with E-state index in [0.717, 1.165) is 12.1 Å². The number of nitrogens with zero attached hydrogens (tertiary/aromatic N) is 1. The van der Waals surface area contributed by atoms with E-state index < -0.39 is 0 Å². The van der Waals surface area contributed by atoms with Crippen LogP contribution in [-0.2, 0) is 0 Å². The van der Waals surface area contributed by atoms with Gasteiger partial charge < -0.3 is 5.32 Å². The van der Waals surface area contributed by atoms with Crippen molar-refractivity contribution < 1.29 is 4.92 Å². The highest BCUT2D eigenvalue weighted by molar-refractivity contribution is 5.51. The first kappa shape index (κ1) is 12.9. The van der Waals surface area contributed by atoms with Gasteiger partial charge in [-0.2, -0.15) is 0 Å². The molecule has 4 nitrogen and oxygen atoms in total. The van der Waals surface area contributed by atoms with Crippen LogP contribution < -0.4 is 5.32 Å². The SMILES string of the molecule is CC1CCCCCC1Nc1cccc([N+](=O)[O-])c1. The molecule has 1 aliphatic rings. The van der Waals surface area contributed by atoms with E-state index >= 15 is 0 Å². The molecule has 0 aliphatic heterocycles. The third kappa shape index (κ3) is 3.22. The summed E-state index contributed by atoms with van der Waals surface area (Å²) in [6.07, 6.45) is 6.25. The molecule has 1 aliphatic carbocycles. The highest BCUT2D eigenvalue weighted by atomic mass is 16.6. The molecule has 2 unspecified atom stereocenters. The Morgan fingerprint density at radius 2 is 2.06 bits per heavy atom. The highest BCUT2D eigenvalue weighted by Crippen LogP contribution is 2.27. The van der Waals surface area contributed by atoms with Crippen LogP contribution in [0.3, 0.4) is 0 Å².